The Balaban J connectivity index is 1.99. The van der Waals surface area contributed by atoms with Crippen LogP contribution in [0.5, 0.6) is 0 Å². The molecule has 1 aliphatic heterocycles. The van der Waals surface area contributed by atoms with Crippen molar-refractivity contribution in [2.45, 2.75) is 0 Å². The lowest BCUT2D eigenvalue weighted by molar-refractivity contribution is 0.0607. The molecule has 1 saturated heterocycles. The summed E-state index contributed by atoms with van der Waals surface area (Å²) in [5.41, 5.74) is 0. The van der Waals surface area contributed by atoms with Crippen LogP contribution in [0.2, 0.25) is 0 Å². The first-order valence-corrected chi connectivity index (χ1v) is 4.60. The maximum Gasteiger partial charge on any atom is 0.289 e. The lowest BCUT2D eigenvalue weighted by Crippen LogP contribution is -2.51. The number of hydrazine groups is 1. The molecule has 0 atom stereocenters. The minimum atomic E-state index is -0.0527. The standard InChI is InChI=1S/C9H13N3O2/c10-12-5-3-11(4-6-12)9(13)8-2-1-7-14-8/h1-2,7H,3-6,10H2. The van der Waals surface area contributed by atoms with Gasteiger partial charge in [0, 0.05) is 26.2 Å². The lowest BCUT2D eigenvalue weighted by atomic mass is 10.3. The predicted octanol–water partition coefficient (Wildman–Crippen LogP) is -0.0889. The fourth-order valence-electron chi connectivity index (χ4n) is 1.48. The number of hydrogen-bond donors (Lipinski definition) is 1. The van der Waals surface area contributed by atoms with Crippen LogP contribution in [-0.4, -0.2) is 42.0 Å². The molecule has 1 aromatic rings. The van der Waals surface area contributed by atoms with Crippen LogP contribution in [0.4, 0.5) is 0 Å². The lowest BCUT2D eigenvalue weighted by Gasteiger charge is -2.31. The van der Waals surface area contributed by atoms with E-state index in [0.29, 0.717) is 31.9 Å². The predicted molar refractivity (Wildman–Crippen MR) is 50.4 cm³/mol. The van der Waals surface area contributed by atoms with Crippen molar-refractivity contribution in [3.63, 3.8) is 0 Å². The minimum absolute atomic E-state index is 0.0527. The van der Waals surface area contributed by atoms with Crippen molar-refractivity contribution < 1.29 is 9.21 Å². The third-order valence-electron chi connectivity index (χ3n) is 2.33. The van der Waals surface area contributed by atoms with E-state index in [1.165, 1.54) is 6.26 Å². The van der Waals surface area contributed by atoms with Gasteiger partial charge >= 0.3 is 0 Å². The number of carbonyl (C=O) groups is 1. The van der Waals surface area contributed by atoms with E-state index >= 15 is 0 Å². The molecule has 0 spiro atoms. The molecule has 2 N–H and O–H groups in total. The molecule has 0 aromatic carbocycles. The van der Waals surface area contributed by atoms with Gasteiger partial charge in [0.1, 0.15) is 0 Å². The summed E-state index contributed by atoms with van der Waals surface area (Å²) in [5.74, 6) is 5.93. The Morgan fingerprint density at radius 3 is 2.64 bits per heavy atom. The highest BCUT2D eigenvalue weighted by Gasteiger charge is 2.21. The molecule has 14 heavy (non-hydrogen) atoms. The second-order valence-electron chi connectivity index (χ2n) is 3.31. The first-order chi connectivity index (χ1) is 6.77. The summed E-state index contributed by atoms with van der Waals surface area (Å²) in [5, 5.41) is 1.71. The van der Waals surface area contributed by atoms with Gasteiger partial charge in [-0.3, -0.25) is 10.6 Å². The van der Waals surface area contributed by atoms with Gasteiger partial charge in [0.2, 0.25) is 0 Å². The van der Waals surface area contributed by atoms with E-state index in [0.717, 1.165) is 0 Å². The third kappa shape index (κ3) is 1.78. The Hall–Kier alpha value is -1.33. The highest BCUT2D eigenvalue weighted by Crippen LogP contribution is 2.07. The Kier molecular flexibility index (Phi) is 2.51. The van der Waals surface area contributed by atoms with Crippen molar-refractivity contribution in [2.75, 3.05) is 26.2 Å². The number of furan rings is 1. The monoisotopic (exact) mass is 195 g/mol. The van der Waals surface area contributed by atoms with Gasteiger partial charge in [-0.2, -0.15) is 0 Å². The summed E-state index contributed by atoms with van der Waals surface area (Å²) in [6.07, 6.45) is 1.51. The Labute approximate surface area is 82.0 Å². The quantitative estimate of drug-likeness (QED) is 0.636. The van der Waals surface area contributed by atoms with Gasteiger partial charge in [0.25, 0.3) is 5.91 Å². The van der Waals surface area contributed by atoms with E-state index in [2.05, 4.69) is 0 Å². The van der Waals surface area contributed by atoms with Gasteiger partial charge in [0.15, 0.2) is 5.76 Å². The van der Waals surface area contributed by atoms with E-state index in [-0.39, 0.29) is 5.91 Å². The molecular weight excluding hydrogens is 182 g/mol. The van der Waals surface area contributed by atoms with Crippen LogP contribution in [0.1, 0.15) is 10.6 Å². The second-order valence-corrected chi connectivity index (χ2v) is 3.31. The number of piperazine rings is 1. The summed E-state index contributed by atoms with van der Waals surface area (Å²) in [4.78, 5) is 13.5. The number of amides is 1. The molecule has 76 valence electrons. The van der Waals surface area contributed by atoms with Crippen LogP contribution in [0.3, 0.4) is 0 Å². The van der Waals surface area contributed by atoms with E-state index in [1.54, 1.807) is 22.0 Å². The zero-order valence-corrected chi connectivity index (χ0v) is 7.85. The maximum atomic E-state index is 11.7. The maximum absolute atomic E-state index is 11.7. The molecule has 1 amide bonds. The van der Waals surface area contributed by atoms with Gasteiger partial charge in [0.05, 0.1) is 6.26 Å². The summed E-state index contributed by atoms with van der Waals surface area (Å²) in [6, 6.07) is 3.39. The van der Waals surface area contributed by atoms with Crippen molar-refractivity contribution in [3.8, 4) is 0 Å². The van der Waals surface area contributed by atoms with E-state index in [1.807, 2.05) is 0 Å². The number of nitrogens with two attached hydrogens (primary N) is 1. The zero-order valence-electron chi connectivity index (χ0n) is 7.85. The number of rotatable bonds is 1. The van der Waals surface area contributed by atoms with Crippen molar-refractivity contribution >= 4 is 5.91 Å². The molecule has 1 aromatic heterocycles. The normalized spacial score (nSPS) is 18.5. The van der Waals surface area contributed by atoms with Gasteiger partial charge in [-0.1, -0.05) is 0 Å². The molecule has 0 saturated carbocycles. The zero-order chi connectivity index (χ0) is 9.97. The van der Waals surface area contributed by atoms with E-state index < -0.39 is 0 Å². The first kappa shape index (κ1) is 9.23. The number of carbonyl (C=O) groups excluding carboxylic acids is 1. The molecule has 0 radical (unpaired) electrons. The average Bonchev–Trinajstić information content (AvgIpc) is 2.71. The van der Waals surface area contributed by atoms with Gasteiger partial charge in [-0.05, 0) is 12.1 Å². The fourth-order valence-corrected chi connectivity index (χ4v) is 1.48. The van der Waals surface area contributed by atoms with Crippen LogP contribution >= 0.6 is 0 Å². The molecule has 0 unspecified atom stereocenters. The van der Waals surface area contributed by atoms with Crippen molar-refractivity contribution in [1.82, 2.24) is 9.91 Å². The van der Waals surface area contributed by atoms with Crippen molar-refractivity contribution in [3.05, 3.63) is 24.2 Å². The van der Waals surface area contributed by atoms with Gasteiger partial charge < -0.3 is 9.32 Å². The Bertz CT molecular complexity index is 302. The minimum Gasteiger partial charge on any atom is -0.459 e. The Morgan fingerprint density at radius 2 is 2.07 bits per heavy atom. The first-order valence-electron chi connectivity index (χ1n) is 4.60. The van der Waals surface area contributed by atoms with Crippen LogP contribution in [0, 0.1) is 0 Å². The summed E-state index contributed by atoms with van der Waals surface area (Å²) < 4.78 is 5.04. The van der Waals surface area contributed by atoms with Gasteiger partial charge in [-0.25, -0.2) is 5.01 Å². The van der Waals surface area contributed by atoms with E-state index in [9.17, 15) is 4.79 Å². The molecule has 1 fully saturated rings. The van der Waals surface area contributed by atoms with Crippen molar-refractivity contribution in [2.24, 2.45) is 5.84 Å². The highest BCUT2D eigenvalue weighted by atomic mass is 16.3. The molecule has 5 nitrogen and oxygen atoms in total. The molecule has 5 heteroatoms. The average molecular weight is 195 g/mol. The largest absolute Gasteiger partial charge is 0.459 e. The topological polar surface area (TPSA) is 62.7 Å². The molecule has 2 rings (SSSR count). The SMILES string of the molecule is NN1CCN(C(=O)c2ccco2)CC1. The van der Waals surface area contributed by atoms with E-state index in [4.69, 9.17) is 10.3 Å². The molecule has 0 aliphatic carbocycles. The molecule has 2 heterocycles. The fraction of sp³-hybridized carbons (Fsp3) is 0.444. The molecule has 0 bridgehead atoms. The molecule has 1 aliphatic rings. The summed E-state index contributed by atoms with van der Waals surface area (Å²) in [6.45, 7) is 2.75. The second kappa shape index (κ2) is 3.81. The number of nitrogens with zero attached hydrogens (tertiary/aromatic N) is 2. The smallest absolute Gasteiger partial charge is 0.289 e. The third-order valence-corrected chi connectivity index (χ3v) is 2.33. The van der Waals surface area contributed by atoms with Crippen LogP contribution in [0.15, 0.2) is 22.8 Å². The highest BCUT2D eigenvalue weighted by molar-refractivity contribution is 5.91. The summed E-state index contributed by atoms with van der Waals surface area (Å²) >= 11 is 0. The van der Waals surface area contributed by atoms with Gasteiger partial charge in [-0.15, -0.1) is 0 Å². The molecular formula is C9H13N3O2. The van der Waals surface area contributed by atoms with Crippen molar-refractivity contribution in [1.29, 1.82) is 0 Å². The number of hydrogen-bond acceptors (Lipinski definition) is 4. The van der Waals surface area contributed by atoms with Crippen LogP contribution < -0.4 is 5.84 Å². The Morgan fingerprint density at radius 1 is 1.36 bits per heavy atom. The van der Waals surface area contributed by atoms with Crippen LogP contribution in [0.25, 0.3) is 0 Å². The summed E-state index contributed by atoms with van der Waals surface area (Å²) in [7, 11) is 0. The van der Waals surface area contributed by atoms with Crippen LogP contribution in [-0.2, 0) is 0 Å².